The van der Waals surface area contributed by atoms with Crippen molar-refractivity contribution in [3.8, 4) is 5.75 Å². The number of hydrogen-bond acceptors (Lipinski definition) is 8. The summed E-state index contributed by atoms with van der Waals surface area (Å²) < 4.78 is 43.3. The number of aryl methyl sites for hydroxylation is 1. The highest BCUT2D eigenvalue weighted by molar-refractivity contribution is 7.90. The Morgan fingerprint density at radius 2 is 1.83 bits per heavy atom. The molecule has 2 aliphatic carbocycles. The van der Waals surface area contributed by atoms with E-state index in [1.54, 1.807) is 13.0 Å². The number of ether oxygens (including phenoxy) is 2. The number of carbonyl (C=O) groups excluding carboxylic acids is 1. The van der Waals surface area contributed by atoms with Crippen molar-refractivity contribution in [2.75, 3.05) is 64.4 Å². The minimum absolute atomic E-state index is 0.119. The van der Waals surface area contributed by atoms with Gasteiger partial charge in [0.25, 0.3) is 5.91 Å². The number of nitrogens with one attached hydrogen (secondary N) is 1. The molecule has 2 aromatic rings. The molecule has 4 aliphatic heterocycles. The number of halogens is 1. The Balaban J connectivity index is 1.17. The molecular weight excluding hydrogens is 708 g/mol. The van der Waals surface area contributed by atoms with E-state index in [0.29, 0.717) is 30.0 Å². The Kier molecular flexibility index (Phi) is 10.6. The number of hydrogen-bond donors (Lipinski definition) is 1. The van der Waals surface area contributed by atoms with Gasteiger partial charge >= 0.3 is 0 Å². The van der Waals surface area contributed by atoms with Crippen LogP contribution in [0.2, 0.25) is 5.02 Å². The molecule has 0 radical (unpaired) electrons. The number of piperidine rings is 1. The van der Waals surface area contributed by atoms with Crippen LogP contribution >= 0.6 is 11.6 Å². The van der Waals surface area contributed by atoms with Gasteiger partial charge in [0.1, 0.15) is 5.75 Å². The van der Waals surface area contributed by atoms with Crippen LogP contribution in [0.25, 0.3) is 0 Å². The Bertz CT molecular complexity index is 1790. The summed E-state index contributed by atoms with van der Waals surface area (Å²) in [5, 5.41) is 0.0450. The molecule has 0 aromatic heterocycles. The minimum atomic E-state index is -3.91. The maximum atomic E-state index is 13.7. The summed E-state index contributed by atoms with van der Waals surface area (Å²) in [5.41, 5.74) is 3.22. The first-order chi connectivity index (χ1) is 25.5. The highest BCUT2D eigenvalue weighted by Crippen LogP contribution is 2.50. The summed E-state index contributed by atoms with van der Waals surface area (Å²) >= 11 is 6.52. The van der Waals surface area contributed by atoms with Crippen LogP contribution in [0, 0.1) is 17.8 Å². The molecule has 2 saturated heterocycles. The molecule has 4 unspecified atom stereocenters. The van der Waals surface area contributed by atoms with Gasteiger partial charge in [0.05, 0.1) is 23.1 Å². The van der Waals surface area contributed by atoms with Crippen molar-refractivity contribution in [3.63, 3.8) is 0 Å². The molecule has 8 rings (SSSR count). The summed E-state index contributed by atoms with van der Waals surface area (Å²) in [7, 11) is -1.99. The van der Waals surface area contributed by atoms with Gasteiger partial charge in [-0.15, -0.1) is 0 Å². The lowest BCUT2D eigenvalue weighted by molar-refractivity contribution is -0.136. The van der Waals surface area contributed by atoms with Crippen LogP contribution in [0.4, 0.5) is 5.69 Å². The van der Waals surface area contributed by atoms with E-state index in [1.807, 2.05) is 32.2 Å². The fourth-order valence-corrected chi connectivity index (χ4v) is 12.5. The van der Waals surface area contributed by atoms with Crippen molar-refractivity contribution in [1.82, 2.24) is 14.5 Å². The fourth-order valence-electron chi connectivity index (χ4n) is 11.0. The largest absolute Gasteiger partial charge is 0.490 e. The van der Waals surface area contributed by atoms with Crippen molar-refractivity contribution >= 4 is 33.2 Å². The molecule has 9 nitrogen and oxygen atoms in total. The number of amides is 1. The second kappa shape index (κ2) is 14.9. The average molecular weight is 767 g/mol. The average Bonchev–Trinajstić information content (AvgIpc) is 3.28. The van der Waals surface area contributed by atoms with E-state index in [9.17, 15) is 13.2 Å². The van der Waals surface area contributed by atoms with Gasteiger partial charge in [-0.05, 0) is 130 Å². The molecule has 1 N–H and O–H groups in total. The standard InChI is InChI=1S/C42H59ClN4O5S/c1-29-8-6-18-42(51-3,27-45-20-21-46-19-5-4-10-35(46)25-45)37-14-11-33(37)24-47-26-41(17-7-9-31-22-34(43)13-15-36(31)41)28-52-39-16-12-32(23-38(39)47)40(48)44-53(49,50)30(29)2/h12-13,15-16,22-23,29-30,33,35,37H,4-11,14,17-21,24-28H2,1-3H3,(H,44,48)/t29?,30-,33+,35?,37?,41+,42?/m1/s1. The van der Waals surface area contributed by atoms with Crippen LogP contribution in [0.3, 0.4) is 0 Å². The summed E-state index contributed by atoms with van der Waals surface area (Å²) in [5.74, 6) is 0.808. The number of nitrogens with zero attached hydrogens (tertiary/aromatic N) is 3. The molecule has 1 amide bonds. The summed E-state index contributed by atoms with van der Waals surface area (Å²) in [6, 6.07) is 12.4. The number of rotatable bonds is 3. The lowest BCUT2D eigenvalue weighted by Crippen LogP contribution is -2.62. The van der Waals surface area contributed by atoms with E-state index in [-0.39, 0.29) is 16.9 Å². The summed E-state index contributed by atoms with van der Waals surface area (Å²) in [4.78, 5) is 21.6. The zero-order valence-electron chi connectivity index (χ0n) is 32.0. The van der Waals surface area contributed by atoms with Gasteiger partial charge in [-0.3, -0.25) is 14.6 Å². The quantitative estimate of drug-likeness (QED) is 0.371. The second-order valence-corrected chi connectivity index (χ2v) is 19.9. The maximum Gasteiger partial charge on any atom is 0.264 e. The highest BCUT2D eigenvalue weighted by Gasteiger charge is 2.51. The Morgan fingerprint density at radius 3 is 2.64 bits per heavy atom. The molecular formula is C42H59ClN4O5S. The van der Waals surface area contributed by atoms with Crippen LogP contribution in [-0.2, 0) is 26.6 Å². The zero-order valence-corrected chi connectivity index (χ0v) is 33.5. The van der Waals surface area contributed by atoms with Crippen LogP contribution in [0.15, 0.2) is 36.4 Å². The lowest BCUT2D eigenvalue weighted by Gasteiger charge is -2.54. The van der Waals surface area contributed by atoms with Gasteiger partial charge in [0.2, 0.25) is 10.0 Å². The lowest BCUT2D eigenvalue weighted by atomic mass is 9.62. The first kappa shape index (κ1) is 37.5. The third kappa shape index (κ3) is 7.25. The number of anilines is 1. The fraction of sp³-hybridized carbons (Fsp3) is 0.690. The van der Waals surface area contributed by atoms with Gasteiger partial charge in [-0.2, -0.15) is 0 Å². The van der Waals surface area contributed by atoms with Gasteiger partial charge in [-0.1, -0.05) is 37.4 Å². The number of fused-ring (bicyclic) bond motifs is 5. The molecule has 2 aromatic carbocycles. The van der Waals surface area contributed by atoms with E-state index in [0.717, 1.165) is 107 Å². The van der Waals surface area contributed by atoms with Gasteiger partial charge in [-0.25, -0.2) is 13.1 Å². The SMILES string of the molecule is COC1(CN2CCN3CCCCC3C2)CCCC(C)[C@@H](C)S(=O)(=O)NC(=O)c2ccc3c(c2)N(C[C@@H]2CCC21)C[C@@]1(CCCc2cc(Cl)ccc21)CO3. The van der Waals surface area contributed by atoms with Crippen molar-refractivity contribution in [3.05, 3.63) is 58.1 Å². The third-order valence-corrected chi connectivity index (χ3v) is 16.6. The first-order valence-corrected chi connectivity index (χ1v) is 22.3. The van der Waals surface area contributed by atoms with E-state index in [2.05, 4.69) is 31.6 Å². The van der Waals surface area contributed by atoms with E-state index in [1.165, 1.54) is 36.9 Å². The molecule has 290 valence electrons. The summed E-state index contributed by atoms with van der Waals surface area (Å²) in [6.45, 7) is 11.3. The Labute approximate surface area is 322 Å². The Morgan fingerprint density at radius 1 is 0.962 bits per heavy atom. The van der Waals surface area contributed by atoms with Crippen molar-refractivity contribution in [2.45, 2.75) is 107 Å². The smallest absolute Gasteiger partial charge is 0.264 e. The second-order valence-electron chi connectivity index (χ2n) is 17.5. The topological polar surface area (TPSA) is 91.4 Å². The third-order valence-electron chi connectivity index (χ3n) is 14.5. The summed E-state index contributed by atoms with van der Waals surface area (Å²) in [6.07, 6.45) is 11.7. The number of carbonyl (C=O) groups is 1. The number of piperazine rings is 1. The van der Waals surface area contributed by atoms with Crippen LogP contribution in [0.1, 0.15) is 99.5 Å². The number of methoxy groups -OCH3 is 1. The molecule has 1 saturated carbocycles. The van der Waals surface area contributed by atoms with Gasteiger partial charge in [0.15, 0.2) is 0 Å². The normalized spacial score (nSPS) is 35.1. The molecule has 6 aliphatic rings. The molecule has 1 spiro atoms. The molecule has 3 fully saturated rings. The molecule has 2 bridgehead atoms. The number of benzene rings is 2. The predicted molar refractivity (Wildman–Crippen MR) is 211 cm³/mol. The van der Waals surface area contributed by atoms with Crippen LogP contribution in [0.5, 0.6) is 5.75 Å². The molecule has 7 atom stereocenters. The van der Waals surface area contributed by atoms with E-state index < -0.39 is 21.2 Å². The highest BCUT2D eigenvalue weighted by atomic mass is 35.5. The molecule has 53 heavy (non-hydrogen) atoms. The van der Waals surface area contributed by atoms with Crippen molar-refractivity contribution in [1.29, 1.82) is 0 Å². The molecule has 11 heteroatoms. The van der Waals surface area contributed by atoms with Crippen LogP contribution < -0.4 is 14.4 Å². The van der Waals surface area contributed by atoms with Crippen molar-refractivity contribution in [2.24, 2.45) is 17.8 Å². The predicted octanol–water partition coefficient (Wildman–Crippen LogP) is 6.66. The Hall–Kier alpha value is -2.37. The number of sulfonamides is 1. The van der Waals surface area contributed by atoms with Gasteiger partial charge in [0, 0.05) is 68.4 Å². The minimum Gasteiger partial charge on any atom is -0.490 e. The van der Waals surface area contributed by atoms with Crippen molar-refractivity contribution < 1.29 is 22.7 Å². The maximum absolute atomic E-state index is 13.7. The van der Waals surface area contributed by atoms with Crippen LogP contribution in [-0.4, -0.2) is 101 Å². The van der Waals surface area contributed by atoms with E-state index >= 15 is 0 Å². The van der Waals surface area contributed by atoms with Gasteiger partial charge < -0.3 is 14.4 Å². The zero-order chi connectivity index (χ0) is 37.0. The molecule has 4 heterocycles. The first-order valence-electron chi connectivity index (χ1n) is 20.4. The van der Waals surface area contributed by atoms with E-state index in [4.69, 9.17) is 21.1 Å². The monoisotopic (exact) mass is 766 g/mol.